The van der Waals surface area contributed by atoms with Gasteiger partial charge in [0.1, 0.15) is 17.7 Å². The second-order valence-electron chi connectivity index (χ2n) is 8.59. The van der Waals surface area contributed by atoms with E-state index in [1.54, 1.807) is 22.4 Å². The highest BCUT2D eigenvalue weighted by Gasteiger charge is 2.48. The van der Waals surface area contributed by atoms with Gasteiger partial charge in [0.15, 0.2) is 0 Å². The number of nitrogens with zero attached hydrogens (tertiary/aromatic N) is 8. The van der Waals surface area contributed by atoms with E-state index < -0.39 is 6.08 Å². The zero-order chi connectivity index (χ0) is 20.4. The van der Waals surface area contributed by atoms with Gasteiger partial charge in [-0.2, -0.15) is 9.07 Å². The number of nitrogens with one attached hydrogen (secondary N) is 1. The van der Waals surface area contributed by atoms with E-state index in [9.17, 15) is 9.18 Å². The molecule has 2 aromatic heterocycles. The number of halogens is 1. The number of amides is 1. The largest absolute Gasteiger partial charge is 0.334 e. The number of hydrogen-bond donors (Lipinski definition) is 1. The molecule has 158 valence electrons. The molecular formula is C19H24FN9O. The van der Waals surface area contributed by atoms with Gasteiger partial charge in [-0.3, -0.25) is 19.7 Å². The molecule has 4 unspecified atom stereocenters. The third kappa shape index (κ3) is 2.43. The molecule has 5 heterocycles. The van der Waals surface area contributed by atoms with Crippen molar-refractivity contribution in [2.75, 3.05) is 11.4 Å². The molecule has 1 amide bonds. The number of carbonyl (C=O) groups is 1. The van der Waals surface area contributed by atoms with E-state index in [1.165, 1.54) is 0 Å². The highest BCUT2D eigenvalue weighted by Crippen LogP contribution is 2.45. The van der Waals surface area contributed by atoms with Crippen molar-refractivity contribution >= 4 is 17.7 Å². The average molecular weight is 413 g/mol. The minimum Gasteiger partial charge on any atom is -0.334 e. The van der Waals surface area contributed by atoms with E-state index >= 15 is 0 Å². The third-order valence-electron chi connectivity index (χ3n) is 7.00. The lowest BCUT2D eigenvalue weighted by atomic mass is 9.80. The van der Waals surface area contributed by atoms with Crippen molar-refractivity contribution in [3.63, 3.8) is 0 Å². The van der Waals surface area contributed by atoms with Gasteiger partial charge >= 0.3 is 0 Å². The zero-order valence-corrected chi connectivity index (χ0v) is 16.8. The molecular weight excluding hydrogens is 389 g/mol. The van der Waals surface area contributed by atoms with Crippen molar-refractivity contribution in [1.29, 1.82) is 0 Å². The van der Waals surface area contributed by atoms with Crippen molar-refractivity contribution in [1.82, 2.24) is 34.9 Å². The minimum atomic E-state index is -0.450. The lowest BCUT2D eigenvalue weighted by molar-refractivity contribution is -0.129. The highest BCUT2D eigenvalue weighted by molar-refractivity contribution is 5.98. The standard InChI is InChI=1S/C19H24FN9O/c1-11(30)26-8-4-7-15(26)13-10-27(25-22-13)19-24-23-17-12-5-2-3-6-14(12)28-16(29(17)19)9-21-18(28)20/h9-10,12,14-15,17,23H,2-8H2,1H3. The summed E-state index contributed by atoms with van der Waals surface area (Å²) < 4.78 is 17.9. The summed E-state index contributed by atoms with van der Waals surface area (Å²) in [6.07, 6.45) is 8.91. The number of aromatic nitrogens is 5. The summed E-state index contributed by atoms with van der Waals surface area (Å²) in [6, 6.07) is 0.0301. The number of carbonyl (C=O) groups excluding carboxylic acids is 1. The van der Waals surface area contributed by atoms with Gasteiger partial charge < -0.3 is 4.90 Å². The second-order valence-corrected chi connectivity index (χ2v) is 8.59. The van der Waals surface area contributed by atoms with E-state index in [2.05, 4.69) is 25.8 Å². The summed E-state index contributed by atoms with van der Waals surface area (Å²) >= 11 is 0. The molecule has 6 rings (SSSR count). The van der Waals surface area contributed by atoms with Crippen LogP contribution in [0.5, 0.6) is 0 Å². The molecule has 4 atom stereocenters. The molecule has 2 fully saturated rings. The van der Waals surface area contributed by atoms with Crippen molar-refractivity contribution in [2.24, 2.45) is 11.0 Å². The maximum Gasteiger partial charge on any atom is 0.291 e. The summed E-state index contributed by atoms with van der Waals surface area (Å²) in [7, 11) is 0. The Balaban J connectivity index is 1.36. The Morgan fingerprint density at radius 2 is 2.10 bits per heavy atom. The molecule has 1 N–H and O–H groups in total. The lowest BCUT2D eigenvalue weighted by Crippen LogP contribution is -2.55. The minimum absolute atomic E-state index is 0.0470. The Hall–Kier alpha value is -2.98. The molecule has 1 saturated carbocycles. The quantitative estimate of drug-likeness (QED) is 0.763. The van der Waals surface area contributed by atoms with Crippen LogP contribution in [0.3, 0.4) is 0 Å². The molecule has 0 radical (unpaired) electrons. The van der Waals surface area contributed by atoms with Gasteiger partial charge in [-0.1, -0.05) is 18.1 Å². The highest BCUT2D eigenvalue weighted by atomic mass is 19.1. The Kier molecular flexibility index (Phi) is 3.87. The molecule has 10 nitrogen and oxygen atoms in total. The predicted octanol–water partition coefficient (Wildman–Crippen LogP) is 1.60. The number of hydrazone groups is 1. The number of rotatable bonds is 1. The Bertz CT molecular complexity index is 1030. The fraction of sp³-hybridized carbons (Fsp3) is 0.632. The second kappa shape index (κ2) is 6.51. The van der Waals surface area contributed by atoms with Crippen LogP contribution in [0.15, 0.2) is 17.5 Å². The first kappa shape index (κ1) is 17.8. The first-order chi connectivity index (χ1) is 14.6. The fourth-order valence-electron chi connectivity index (χ4n) is 5.68. The van der Waals surface area contributed by atoms with Gasteiger partial charge in [0.2, 0.25) is 5.91 Å². The Morgan fingerprint density at radius 1 is 1.23 bits per heavy atom. The number of likely N-dealkylation sites (tertiary alicyclic amines) is 1. The predicted molar refractivity (Wildman–Crippen MR) is 105 cm³/mol. The number of anilines is 1. The topological polar surface area (TPSA) is 96.5 Å². The monoisotopic (exact) mass is 413 g/mol. The molecule has 11 heteroatoms. The van der Waals surface area contributed by atoms with E-state index in [4.69, 9.17) is 0 Å². The normalized spacial score (nSPS) is 29.9. The molecule has 4 aliphatic rings. The molecule has 3 aliphatic heterocycles. The van der Waals surface area contributed by atoms with E-state index in [1.807, 2.05) is 16.0 Å². The van der Waals surface area contributed by atoms with Crippen LogP contribution in [0.25, 0.3) is 0 Å². The smallest absolute Gasteiger partial charge is 0.291 e. The fourth-order valence-corrected chi connectivity index (χ4v) is 5.68. The number of fused-ring (bicyclic) bond motifs is 6. The van der Waals surface area contributed by atoms with Crippen LogP contribution in [0.1, 0.15) is 63.2 Å². The summed E-state index contributed by atoms with van der Waals surface area (Å²) in [6.45, 7) is 2.33. The van der Waals surface area contributed by atoms with Gasteiger partial charge in [0.25, 0.3) is 12.0 Å². The summed E-state index contributed by atoms with van der Waals surface area (Å²) in [5, 5.41) is 13.2. The van der Waals surface area contributed by atoms with Crippen LogP contribution in [-0.4, -0.2) is 54.0 Å². The Labute approximate surface area is 172 Å². The van der Waals surface area contributed by atoms with Crippen LogP contribution in [0.4, 0.5) is 10.2 Å². The van der Waals surface area contributed by atoms with Crippen molar-refractivity contribution in [3.05, 3.63) is 24.2 Å². The average Bonchev–Trinajstić information content (AvgIpc) is 3.52. The first-order valence-corrected chi connectivity index (χ1v) is 10.7. The van der Waals surface area contributed by atoms with Crippen LogP contribution in [-0.2, 0) is 4.79 Å². The van der Waals surface area contributed by atoms with Gasteiger partial charge in [0.05, 0.1) is 18.4 Å². The molecule has 0 aromatic carbocycles. The number of hydrogen-bond acceptors (Lipinski definition) is 7. The maximum atomic E-state index is 14.6. The van der Waals surface area contributed by atoms with Crippen LogP contribution < -0.4 is 10.3 Å². The summed E-state index contributed by atoms with van der Waals surface area (Å²) in [5.41, 5.74) is 4.01. The molecule has 0 spiro atoms. The van der Waals surface area contributed by atoms with Crippen LogP contribution in [0.2, 0.25) is 0 Å². The van der Waals surface area contributed by atoms with E-state index in [0.29, 0.717) is 11.8 Å². The maximum absolute atomic E-state index is 14.6. The van der Waals surface area contributed by atoms with Gasteiger partial charge in [-0.15, -0.1) is 10.2 Å². The molecule has 1 aliphatic carbocycles. The van der Waals surface area contributed by atoms with Crippen LogP contribution >= 0.6 is 0 Å². The first-order valence-electron chi connectivity index (χ1n) is 10.7. The van der Waals surface area contributed by atoms with Crippen molar-refractivity contribution in [2.45, 2.75) is 63.7 Å². The van der Waals surface area contributed by atoms with Gasteiger partial charge in [0, 0.05) is 25.4 Å². The SMILES string of the molecule is CC(=O)N1CCCC1c1cn(C2=NNC3C4CCCCC4n4c(cnc4F)N23)nn1. The summed E-state index contributed by atoms with van der Waals surface area (Å²) in [4.78, 5) is 19.7. The Morgan fingerprint density at radius 3 is 2.97 bits per heavy atom. The zero-order valence-electron chi connectivity index (χ0n) is 16.8. The molecule has 2 aromatic rings. The van der Waals surface area contributed by atoms with E-state index in [-0.39, 0.29) is 30.1 Å². The van der Waals surface area contributed by atoms with Crippen LogP contribution in [0, 0.1) is 12.0 Å². The van der Waals surface area contributed by atoms with Gasteiger partial charge in [-0.25, -0.2) is 4.98 Å². The molecule has 0 bridgehead atoms. The van der Waals surface area contributed by atoms with Gasteiger partial charge in [-0.05, 0) is 25.7 Å². The molecule has 1 saturated heterocycles. The van der Waals surface area contributed by atoms with E-state index in [0.717, 1.165) is 50.8 Å². The molecule has 30 heavy (non-hydrogen) atoms. The van der Waals surface area contributed by atoms with Crippen molar-refractivity contribution < 1.29 is 9.18 Å². The third-order valence-corrected chi connectivity index (χ3v) is 7.00. The summed E-state index contributed by atoms with van der Waals surface area (Å²) in [5.74, 6) is 1.52. The lowest BCUT2D eigenvalue weighted by Gasteiger charge is -2.45. The number of imidazole rings is 1. The van der Waals surface area contributed by atoms with Crippen molar-refractivity contribution in [3.8, 4) is 0 Å².